The first-order valence-electron chi connectivity index (χ1n) is 5.89. The van der Waals surface area contributed by atoms with E-state index in [-0.39, 0.29) is 5.75 Å². The summed E-state index contributed by atoms with van der Waals surface area (Å²) in [5, 5.41) is 23.0. The fourth-order valence-corrected chi connectivity index (χ4v) is 2.97. The van der Waals surface area contributed by atoms with Gasteiger partial charge in [0, 0.05) is 10.0 Å². The van der Waals surface area contributed by atoms with E-state index in [0.717, 1.165) is 9.35 Å². The molecule has 2 heterocycles. The third-order valence-corrected chi connectivity index (χ3v) is 4.32. The van der Waals surface area contributed by atoms with Crippen molar-refractivity contribution in [1.29, 1.82) is 0 Å². The Morgan fingerprint density at radius 2 is 2.29 bits per heavy atom. The molecule has 1 aromatic carbocycles. The Morgan fingerprint density at radius 1 is 1.43 bits per heavy atom. The third kappa shape index (κ3) is 2.97. The Kier molecular flexibility index (Phi) is 4.00. The van der Waals surface area contributed by atoms with Crippen molar-refractivity contribution in [2.24, 2.45) is 5.10 Å². The lowest BCUT2D eigenvalue weighted by Crippen LogP contribution is -1.94. The van der Waals surface area contributed by atoms with Gasteiger partial charge < -0.3 is 5.11 Å². The van der Waals surface area contributed by atoms with Crippen LogP contribution in [0.25, 0.3) is 10.7 Å². The molecule has 0 amide bonds. The van der Waals surface area contributed by atoms with E-state index < -0.39 is 0 Å². The van der Waals surface area contributed by atoms with E-state index in [0.29, 0.717) is 16.2 Å². The number of thiophene rings is 1. The highest BCUT2D eigenvalue weighted by Crippen LogP contribution is 2.23. The molecule has 5 nitrogen and oxygen atoms in total. The van der Waals surface area contributed by atoms with Gasteiger partial charge in [0.1, 0.15) is 5.75 Å². The molecule has 0 radical (unpaired) electrons. The molecule has 8 heteroatoms. The van der Waals surface area contributed by atoms with Gasteiger partial charge in [0.15, 0.2) is 5.82 Å². The lowest BCUT2D eigenvalue weighted by atomic mass is 10.2. The lowest BCUT2D eigenvalue weighted by molar-refractivity contribution is 0.474. The first kappa shape index (κ1) is 14.2. The summed E-state index contributed by atoms with van der Waals surface area (Å²) in [6, 6.07) is 9.00. The number of benzene rings is 1. The number of hydrogen-bond donors (Lipinski definition) is 2. The summed E-state index contributed by atoms with van der Waals surface area (Å²) >= 11 is 10.1. The quantitative estimate of drug-likeness (QED) is 0.532. The zero-order chi connectivity index (χ0) is 14.8. The molecule has 3 aromatic rings. The number of phenolic OH excluding ortho intramolecular Hbond substituents is 1. The number of aromatic amines is 1. The molecule has 0 bridgehead atoms. The topological polar surface area (TPSA) is 66.2 Å². The first-order chi connectivity index (χ1) is 10.1. The maximum Gasteiger partial charge on any atom is 0.216 e. The van der Waals surface area contributed by atoms with Crippen molar-refractivity contribution in [2.75, 3.05) is 0 Å². The molecule has 2 N–H and O–H groups in total. The highest BCUT2D eigenvalue weighted by molar-refractivity contribution is 9.10. The van der Waals surface area contributed by atoms with Crippen LogP contribution in [0.4, 0.5) is 0 Å². The van der Waals surface area contributed by atoms with E-state index >= 15 is 0 Å². The smallest absolute Gasteiger partial charge is 0.216 e. The highest BCUT2D eigenvalue weighted by atomic mass is 79.9. The van der Waals surface area contributed by atoms with Gasteiger partial charge in [-0.05, 0) is 41.9 Å². The van der Waals surface area contributed by atoms with E-state index in [1.54, 1.807) is 35.8 Å². The van der Waals surface area contributed by atoms with Gasteiger partial charge in [0.05, 0.1) is 11.1 Å². The Bertz CT molecular complexity index is 851. The first-order valence-corrected chi connectivity index (χ1v) is 7.97. The van der Waals surface area contributed by atoms with E-state index in [1.165, 1.54) is 4.68 Å². The summed E-state index contributed by atoms with van der Waals surface area (Å²) < 4.78 is 2.78. The molecule has 0 aliphatic carbocycles. The van der Waals surface area contributed by atoms with Crippen LogP contribution < -0.4 is 0 Å². The molecule has 0 fully saturated rings. The molecule has 21 heavy (non-hydrogen) atoms. The van der Waals surface area contributed by atoms with Crippen LogP contribution in [0, 0.1) is 4.77 Å². The summed E-state index contributed by atoms with van der Waals surface area (Å²) in [5.41, 5.74) is 0.588. The normalized spacial score (nSPS) is 11.3. The molecule has 106 valence electrons. The average molecular weight is 381 g/mol. The molecule has 0 saturated heterocycles. The third-order valence-electron chi connectivity index (χ3n) is 2.69. The molecule has 2 aromatic heterocycles. The Balaban J connectivity index is 2.02. The molecule has 0 spiro atoms. The molecule has 0 saturated carbocycles. The molecule has 0 atom stereocenters. The Labute approximate surface area is 137 Å². The maximum atomic E-state index is 9.82. The highest BCUT2D eigenvalue weighted by Gasteiger charge is 2.09. The number of nitrogens with zero attached hydrogens (tertiary/aromatic N) is 3. The van der Waals surface area contributed by atoms with Crippen LogP contribution in [0.5, 0.6) is 5.75 Å². The van der Waals surface area contributed by atoms with Crippen molar-refractivity contribution in [3.63, 3.8) is 0 Å². The van der Waals surface area contributed by atoms with Gasteiger partial charge in [-0.1, -0.05) is 22.0 Å². The number of aromatic hydroxyl groups is 1. The SMILES string of the molecule is Oc1ccc(Br)cc1/C=N\n1c(-c2cccs2)n[nH]c1=S. The molecule has 0 unspecified atom stereocenters. The summed E-state index contributed by atoms with van der Waals surface area (Å²) in [4.78, 5) is 0.956. The minimum absolute atomic E-state index is 0.148. The number of halogens is 1. The molecule has 0 aliphatic rings. The second kappa shape index (κ2) is 5.92. The summed E-state index contributed by atoms with van der Waals surface area (Å²) in [6.45, 7) is 0. The van der Waals surface area contributed by atoms with Gasteiger partial charge in [-0.3, -0.25) is 0 Å². The van der Waals surface area contributed by atoms with Gasteiger partial charge in [0.25, 0.3) is 0 Å². The van der Waals surface area contributed by atoms with Crippen LogP contribution in [0.2, 0.25) is 0 Å². The lowest BCUT2D eigenvalue weighted by Gasteiger charge is -2.00. The summed E-state index contributed by atoms with van der Waals surface area (Å²) in [6.07, 6.45) is 1.54. The van der Waals surface area contributed by atoms with Crippen LogP contribution in [-0.2, 0) is 0 Å². The van der Waals surface area contributed by atoms with Gasteiger partial charge in [-0.2, -0.15) is 14.9 Å². The van der Waals surface area contributed by atoms with Crippen molar-refractivity contribution in [2.45, 2.75) is 0 Å². The predicted molar refractivity (Wildman–Crippen MR) is 89.5 cm³/mol. The van der Waals surface area contributed by atoms with Crippen LogP contribution in [0.15, 0.2) is 45.3 Å². The van der Waals surface area contributed by atoms with Crippen LogP contribution >= 0.6 is 39.5 Å². The number of rotatable bonds is 3. The van der Waals surface area contributed by atoms with E-state index in [2.05, 4.69) is 31.2 Å². The van der Waals surface area contributed by atoms with Crippen LogP contribution in [0.1, 0.15) is 5.56 Å². The number of nitrogens with one attached hydrogen (secondary N) is 1. The second-order valence-electron chi connectivity index (χ2n) is 4.09. The molecule has 3 rings (SSSR count). The standard InChI is InChI=1S/C13H9BrN4OS2/c14-9-3-4-10(19)8(6-9)7-15-18-12(16-17-13(18)20)11-2-1-5-21-11/h1-7,19H,(H,17,20)/b15-7-. The van der Waals surface area contributed by atoms with Crippen molar-refractivity contribution in [3.8, 4) is 16.5 Å². The molecule has 0 aliphatic heterocycles. The Morgan fingerprint density at radius 3 is 3.05 bits per heavy atom. The van der Waals surface area contributed by atoms with E-state index in [9.17, 15) is 5.11 Å². The van der Waals surface area contributed by atoms with Crippen molar-refractivity contribution in [3.05, 3.63) is 50.5 Å². The largest absolute Gasteiger partial charge is 0.507 e. The van der Waals surface area contributed by atoms with E-state index in [4.69, 9.17) is 12.2 Å². The number of aromatic nitrogens is 3. The second-order valence-corrected chi connectivity index (χ2v) is 6.34. The summed E-state index contributed by atoms with van der Waals surface area (Å²) in [7, 11) is 0. The number of H-pyrrole nitrogens is 1. The minimum atomic E-state index is 0.148. The van der Waals surface area contributed by atoms with Crippen molar-refractivity contribution in [1.82, 2.24) is 14.9 Å². The molecular weight excluding hydrogens is 372 g/mol. The zero-order valence-corrected chi connectivity index (χ0v) is 13.7. The van der Waals surface area contributed by atoms with Crippen LogP contribution in [0.3, 0.4) is 0 Å². The molecular formula is C13H9BrN4OS2. The maximum absolute atomic E-state index is 9.82. The monoisotopic (exact) mass is 380 g/mol. The minimum Gasteiger partial charge on any atom is -0.507 e. The van der Waals surface area contributed by atoms with Crippen LogP contribution in [-0.4, -0.2) is 26.2 Å². The number of phenols is 1. The fourth-order valence-electron chi connectivity index (χ4n) is 1.71. The van der Waals surface area contributed by atoms with Crippen molar-refractivity contribution < 1.29 is 5.11 Å². The number of hydrogen-bond acceptors (Lipinski definition) is 5. The average Bonchev–Trinajstić information content (AvgIpc) is 3.09. The summed E-state index contributed by atoms with van der Waals surface area (Å²) in [5.74, 6) is 0.787. The zero-order valence-electron chi connectivity index (χ0n) is 10.5. The van der Waals surface area contributed by atoms with Gasteiger partial charge in [-0.15, -0.1) is 11.3 Å². The van der Waals surface area contributed by atoms with Gasteiger partial charge >= 0.3 is 0 Å². The van der Waals surface area contributed by atoms with Gasteiger partial charge in [0.2, 0.25) is 4.77 Å². The van der Waals surface area contributed by atoms with E-state index in [1.807, 2.05) is 17.5 Å². The van der Waals surface area contributed by atoms with Gasteiger partial charge in [-0.25, -0.2) is 5.10 Å². The Hall–Kier alpha value is -1.77. The fraction of sp³-hybridized carbons (Fsp3) is 0. The van der Waals surface area contributed by atoms with Crippen molar-refractivity contribution >= 4 is 45.7 Å². The predicted octanol–water partition coefficient (Wildman–Crippen LogP) is 4.02.